The van der Waals surface area contributed by atoms with Gasteiger partial charge in [-0.1, -0.05) is 55.8 Å². The summed E-state index contributed by atoms with van der Waals surface area (Å²) in [7, 11) is 3.38. The molecular weight excluding hydrogens is 510 g/mol. The normalized spacial score (nSPS) is 12.8. The Hall–Kier alpha value is -3.83. The van der Waals surface area contributed by atoms with Gasteiger partial charge in [-0.15, -0.1) is 0 Å². The fourth-order valence-electron chi connectivity index (χ4n) is 5.42. The lowest BCUT2D eigenvalue weighted by Crippen LogP contribution is -2.24. The number of fused-ring (bicyclic) bond motifs is 1. The van der Waals surface area contributed by atoms with E-state index in [2.05, 4.69) is 79.8 Å². The highest BCUT2D eigenvalue weighted by atomic mass is 16.5. The van der Waals surface area contributed by atoms with Crippen LogP contribution in [0.2, 0.25) is 0 Å². The van der Waals surface area contributed by atoms with Gasteiger partial charge in [0.1, 0.15) is 11.5 Å². The Morgan fingerprint density at radius 3 is 2.39 bits per heavy atom. The Morgan fingerprint density at radius 2 is 1.66 bits per heavy atom. The summed E-state index contributed by atoms with van der Waals surface area (Å²) in [5, 5.41) is 6.30. The lowest BCUT2D eigenvalue weighted by molar-refractivity contribution is -0.147. The standard InChI is InChI=1S/C36H43NO4/c1-7-11-34(37-25(4)26-13-10-14-31(22-26)39-5)30-21-27-12-8-9-15-32(27)33(23-30)28-16-18-35(40-6)29(20-28)17-19-36(38)41-24(2)3/h8-10,12-16,18,20-25,34,37H,7,11,17,19H2,1-6H3/t25-,34?/m1/s1. The van der Waals surface area contributed by atoms with E-state index < -0.39 is 0 Å². The fourth-order valence-corrected chi connectivity index (χ4v) is 5.42. The van der Waals surface area contributed by atoms with Gasteiger partial charge in [0, 0.05) is 18.5 Å². The summed E-state index contributed by atoms with van der Waals surface area (Å²) in [6.07, 6.45) is 2.81. The van der Waals surface area contributed by atoms with Crippen LogP contribution in [-0.2, 0) is 16.0 Å². The van der Waals surface area contributed by atoms with Crippen molar-refractivity contribution in [2.75, 3.05) is 14.2 Å². The molecule has 0 heterocycles. The van der Waals surface area contributed by atoms with E-state index in [0.717, 1.165) is 35.5 Å². The van der Waals surface area contributed by atoms with Crippen molar-refractivity contribution in [3.8, 4) is 22.6 Å². The van der Waals surface area contributed by atoms with E-state index in [1.165, 1.54) is 27.5 Å². The predicted molar refractivity (Wildman–Crippen MR) is 168 cm³/mol. The number of carbonyl (C=O) groups excluding carboxylic acids is 1. The van der Waals surface area contributed by atoms with Crippen LogP contribution >= 0.6 is 0 Å². The number of esters is 1. The van der Waals surface area contributed by atoms with E-state index in [1.54, 1.807) is 14.2 Å². The molecule has 0 aliphatic carbocycles. The smallest absolute Gasteiger partial charge is 0.306 e. The average Bonchev–Trinajstić information content (AvgIpc) is 2.98. The van der Waals surface area contributed by atoms with Crippen LogP contribution < -0.4 is 14.8 Å². The summed E-state index contributed by atoms with van der Waals surface area (Å²) in [6, 6.07) is 28.1. The molecule has 216 valence electrons. The molecular formula is C36H43NO4. The van der Waals surface area contributed by atoms with Gasteiger partial charge in [0.2, 0.25) is 0 Å². The van der Waals surface area contributed by atoms with Crippen molar-refractivity contribution in [1.82, 2.24) is 5.32 Å². The quantitative estimate of drug-likeness (QED) is 0.168. The van der Waals surface area contributed by atoms with Crippen LogP contribution in [0.3, 0.4) is 0 Å². The van der Waals surface area contributed by atoms with Gasteiger partial charge in [-0.25, -0.2) is 0 Å². The molecule has 4 aromatic carbocycles. The van der Waals surface area contributed by atoms with Crippen LogP contribution in [0.5, 0.6) is 11.5 Å². The molecule has 1 N–H and O–H groups in total. The molecule has 0 saturated carbocycles. The number of benzene rings is 4. The van der Waals surface area contributed by atoms with Crippen LogP contribution in [0.1, 0.15) is 75.7 Å². The molecule has 0 spiro atoms. The second-order valence-electron chi connectivity index (χ2n) is 10.9. The third-order valence-corrected chi connectivity index (χ3v) is 7.47. The van der Waals surface area contributed by atoms with Crippen molar-refractivity contribution in [2.45, 2.75) is 71.6 Å². The molecule has 0 aliphatic rings. The summed E-state index contributed by atoms with van der Waals surface area (Å²) < 4.78 is 16.5. The third kappa shape index (κ3) is 7.68. The number of hydrogen-bond acceptors (Lipinski definition) is 5. The molecule has 0 aromatic heterocycles. The van der Waals surface area contributed by atoms with Crippen LogP contribution in [0.4, 0.5) is 0 Å². The maximum absolute atomic E-state index is 12.3. The minimum absolute atomic E-state index is 0.124. The highest BCUT2D eigenvalue weighted by Gasteiger charge is 2.19. The van der Waals surface area contributed by atoms with Gasteiger partial charge in [-0.3, -0.25) is 4.79 Å². The van der Waals surface area contributed by atoms with Crippen molar-refractivity contribution in [2.24, 2.45) is 0 Å². The molecule has 2 atom stereocenters. The van der Waals surface area contributed by atoms with Crippen LogP contribution in [0.15, 0.2) is 78.9 Å². The number of ether oxygens (including phenoxy) is 3. The Bertz CT molecular complexity index is 1460. The zero-order valence-corrected chi connectivity index (χ0v) is 25.2. The van der Waals surface area contributed by atoms with Gasteiger partial charge in [-0.05, 0) is 109 Å². The number of hydrogen-bond donors (Lipinski definition) is 1. The van der Waals surface area contributed by atoms with E-state index in [-0.39, 0.29) is 24.2 Å². The predicted octanol–water partition coefficient (Wildman–Crippen LogP) is 8.60. The first kappa shape index (κ1) is 30.1. The molecule has 5 nitrogen and oxygen atoms in total. The first-order chi connectivity index (χ1) is 19.8. The van der Waals surface area contributed by atoms with Crippen LogP contribution in [0.25, 0.3) is 21.9 Å². The van der Waals surface area contributed by atoms with E-state index in [9.17, 15) is 4.79 Å². The first-order valence-electron chi connectivity index (χ1n) is 14.6. The highest BCUT2D eigenvalue weighted by molar-refractivity contribution is 5.97. The number of methoxy groups -OCH3 is 2. The van der Waals surface area contributed by atoms with E-state index in [0.29, 0.717) is 12.8 Å². The Balaban J connectivity index is 1.72. The minimum atomic E-state index is -0.196. The summed E-state index contributed by atoms with van der Waals surface area (Å²) >= 11 is 0. The van der Waals surface area contributed by atoms with Crippen LogP contribution in [-0.4, -0.2) is 26.3 Å². The first-order valence-corrected chi connectivity index (χ1v) is 14.6. The minimum Gasteiger partial charge on any atom is -0.497 e. The summed E-state index contributed by atoms with van der Waals surface area (Å²) in [5.74, 6) is 1.45. The Kier molecular flexibility index (Phi) is 10.4. The van der Waals surface area contributed by atoms with Crippen molar-refractivity contribution in [3.05, 3.63) is 95.6 Å². The number of nitrogens with one attached hydrogen (secondary N) is 1. The Morgan fingerprint density at radius 1 is 0.854 bits per heavy atom. The topological polar surface area (TPSA) is 56.8 Å². The molecule has 0 bridgehead atoms. The molecule has 1 unspecified atom stereocenters. The van der Waals surface area contributed by atoms with E-state index in [4.69, 9.17) is 14.2 Å². The highest BCUT2D eigenvalue weighted by Crippen LogP contribution is 2.36. The van der Waals surface area contributed by atoms with E-state index in [1.807, 2.05) is 32.0 Å². The van der Waals surface area contributed by atoms with Crippen molar-refractivity contribution in [3.63, 3.8) is 0 Å². The van der Waals surface area contributed by atoms with Gasteiger partial charge in [-0.2, -0.15) is 0 Å². The van der Waals surface area contributed by atoms with Gasteiger partial charge < -0.3 is 19.5 Å². The molecule has 0 aliphatic heterocycles. The maximum atomic E-state index is 12.3. The monoisotopic (exact) mass is 553 g/mol. The second-order valence-corrected chi connectivity index (χ2v) is 10.9. The summed E-state index contributed by atoms with van der Waals surface area (Å²) in [5.41, 5.74) is 5.72. The molecule has 4 aromatic rings. The molecule has 0 amide bonds. The van der Waals surface area contributed by atoms with Gasteiger partial charge in [0.15, 0.2) is 0 Å². The molecule has 0 radical (unpaired) electrons. The average molecular weight is 554 g/mol. The maximum Gasteiger partial charge on any atom is 0.306 e. The van der Waals surface area contributed by atoms with Crippen molar-refractivity contribution >= 4 is 16.7 Å². The van der Waals surface area contributed by atoms with Crippen LogP contribution in [0, 0.1) is 0 Å². The zero-order valence-electron chi connectivity index (χ0n) is 25.2. The zero-order chi connectivity index (χ0) is 29.4. The van der Waals surface area contributed by atoms with Crippen molar-refractivity contribution < 1.29 is 19.0 Å². The van der Waals surface area contributed by atoms with E-state index >= 15 is 0 Å². The number of aryl methyl sites for hydroxylation is 1. The largest absolute Gasteiger partial charge is 0.497 e. The second kappa shape index (κ2) is 14.2. The summed E-state index contributed by atoms with van der Waals surface area (Å²) in [6.45, 7) is 8.18. The molecule has 0 fully saturated rings. The molecule has 5 heteroatoms. The number of carbonyl (C=O) groups is 1. The van der Waals surface area contributed by atoms with Gasteiger partial charge >= 0.3 is 5.97 Å². The summed E-state index contributed by atoms with van der Waals surface area (Å²) in [4.78, 5) is 12.3. The van der Waals surface area contributed by atoms with Gasteiger partial charge in [0.05, 0.1) is 20.3 Å². The lowest BCUT2D eigenvalue weighted by atomic mass is 9.90. The molecule has 41 heavy (non-hydrogen) atoms. The van der Waals surface area contributed by atoms with Crippen molar-refractivity contribution in [1.29, 1.82) is 0 Å². The Labute approximate surface area is 244 Å². The third-order valence-electron chi connectivity index (χ3n) is 7.47. The van der Waals surface area contributed by atoms with Gasteiger partial charge in [0.25, 0.3) is 0 Å². The SMILES string of the molecule is CCCC(N[C@H](C)c1cccc(OC)c1)c1cc(-c2ccc(OC)c(CCC(=O)OC(C)C)c2)c2ccccc2c1. The lowest BCUT2D eigenvalue weighted by Gasteiger charge is -2.25. The fraction of sp³-hybridized carbons (Fsp3) is 0.361. The number of rotatable bonds is 13. The molecule has 4 rings (SSSR count). The molecule has 0 saturated heterocycles.